The first-order chi connectivity index (χ1) is 8.23. The second-order valence-electron chi connectivity index (χ2n) is 5.69. The number of ether oxygens (including phenoxy) is 1. The van der Waals surface area contributed by atoms with E-state index in [1.807, 2.05) is 0 Å². The van der Waals surface area contributed by atoms with Crippen LogP contribution in [0.2, 0.25) is 0 Å². The van der Waals surface area contributed by atoms with Crippen molar-refractivity contribution in [2.75, 3.05) is 6.61 Å². The van der Waals surface area contributed by atoms with Crippen LogP contribution in [0.4, 0.5) is 0 Å². The number of aliphatic carboxylic acids is 1. The van der Waals surface area contributed by atoms with Crippen molar-refractivity contribution in [2.24, 2.45) is 5.92 Å². The summed E-state index contributed by atoms with van der Waals surface area (Å²) in [5.74, 6) is 0.257. The molecule has 0 radical (unpaired) electrons. The highest BCUT2D eigenvalue weighted by Gasteiger charge is 2.51. The molecule has 1 aliphatic heterocycles. The van der Waals surface area contributed by atoms with Gasteiger partial charge < -0.3 is 9.84 Å². The number of unbranched alkanes of at least 4 members (excludes halogenated alkanes) is 4. The van der Waals surface area contributed by atoms with E-state index in [-0.39, 0.29) is 0 Å². The van der Waals surface area contributed by atoms with Crippen molar-refractivity contribution in [1.82, 2.24) is 0 Å². The molecule has 3 heteroatoms. The number of carboxylic acids is 1. The number of rotatable bonds is 9. The molecular weight excluding hydrogens is 216 g/mol. The smallest absolute Gasteiger partial charge is 0.338 e. The minimum absolute atomic E-state index is 0.421. The molecule has 0 bridgehead atoms. The zero-order valence-corrected chi connectivity index (χ0v) is 10.6. The van der Waals surface area contributed by atoms with Gasteiger partial charge in [-0.25, -0.2) is 4.79 Å². The van der Waals surface area contributed by atoms with Crippen LogP contribution in [0.3, 0.4) is 0 Å². The van der Waals surface area contributed by atoms with E-state index >= 15 is 0 Å². The van der Waals surface area contributed by atoms with Crippen LogP contribution in [0.15, 0.2) is 0 Å². The zero-order valence-electron chi connectivity index (χ0n) is 10.6. The summed E-state index contributed by atoms with van der Waals surface area (Å²) in [6.45, 7) is 0.421. The standard InChI is InChI=1S/C14H24O3/c15-13(16)14(11-17-14)10-5-3-1-2-4-7-12-8-6-9-12/h12H,1-11H2,(H,15,16). The average molecular weight is 240 g/mol. The lowest BCUT2D eigenvalue weighted by atomic mass is 9.81. The molecule has 2 rings (SSSR count). The Morgan fingerprint density at radius 1 is 1.18 bits per heavy atom. The summed E-state index contributed by atoms with van der Waals surface area (Å²) in [4.78, 5) is 10.8. The summed E-state index contributed by atoms with van der Waals surface area (Å²) in [6, 6.07) is 0. The Balaban J connectivity index is 1.40. The lowest BCUT2D eigenvalue weighted by Gasteiger charge is -2.24. The molecule has 1 N–H and O–H groups in total. The van der Waals surface area contributed by atoms with E-state index in [1.165, 1.54) is 44.9 Å². The summed E-state index contributed by atoms with van der Waals surface area (Å²) < 4.78 is 5.04. The SMILES string of the molecule is O=C(O)C1(CCCCCCCC2CCC2)CO1. The first-order valence-corrected chi connectivity index (χ1v) is 7.10. The van der Waals surface area contributed by atoms with E-state index in [1.54, 1.807) is 0 Å². The number of hydrogen-bond donors (Lipinski definition) is 1. The Labute approximate surface area is 104 Å². The van der Waals surface area contributed by atoms with Crippen molar-refractivity contribution in [3.8, 4) is 0 Å². The molecule has 1 unspecified atom stereocenters. The van der Waals surface area contributed by atoms with Gasteiger partial charge in [-0.1, -0.05) is 51.4 Å². The predicted molar refractivity (Wildman–Crippen MR) is 66.0 cm³/mol. The lowest BCUT2D eigenvalue weighted by Crippen LogP contribution is -2.23. The van der Waals surface area contributed by atoms with Gasteiger partial charge in [0.05, 0.1) is 6.61 Å². The largest absolute Gasteiger partial charge is 0.479 e. The van der Waals surface area contributed by atoms with Crippen LogP contribution in [0.5, 0.6) is 0 Å². The Kier molecular flexibility index (Phi) is 4.43. The maximum absolute atomic E-state index is 10.8. The molecule has 98 valence electrons. The number of carboxylic acid groups (broad SMARTS) is 1. The molecule has 0 amide bonds. The fraction of sp³-hybridized carbons (Fsp3) is 0.929. The highest BCUT2D eigenvalue weighted by Crippen LogP contribution is 2.33. The van der Waals surface area contributed by atoms with Crippen molar-refractivity contribution in [3.05, 3.63) is 0 Å². The maximum Gasteiger partial charge on any atom is 0.338 e. The van der Waals surface area contributed by atoms with Gasteiger partial charge in [-0.15, -0.1) is 0 Å². The van der Waals surface area contributed by atoms with Crippen molar-refractivity contribution in [2.45, 2.75) is 69.8 Å². The lowest BCUT2D eigenvalue weighted by molar-refractivity contribution is -0.143. The van der Waals surface area contributed by atoms with Gasteiger partial charge in [0.15, 0.2) is 5.60 Å². The van der Waals surface area contributed by atoms with Crippen LogP contribution >= 0.6 is 0 Å². The van der Waals surface area contributed by atoms with Crippen LogP contribution in [-0.4, -0.2) is 23.3 Å². The molecule has 0 spiro atoms. The highest BCUT2D eigenvalue weighted by atomic mass is 16.6. The molecule has 2 fully saturated rings. The molecule has 1 saturated carbocycles. The fourth-order valence-corrected chi connectivity index (χ4v) is 2.62. The van der Waals surface area contributed by atoms with Crippen LogP contribution in [0, 0.1) is 5.92 Å². The second kappa shape index (κ2) is 5.85. The number of carbonyl (C=O) groups is 1. The van der Waals surface area contributed by atoms with E-state index in [9.17, 15) is 4.79 Å². The van der Waals surface area contributed by atoms with Crippen molar-refractivity contribution in [3.63, 3.8) is 0 Å². The summed E-state index contributed by atoms with van der Waals surface area (Å²) >= 11 is 0. The Hall–Kier alpha value is -0.570. The molecule has 0 aromatic rings. The maximum atomic E-state index is 10.8. The quantitative estimate of drug-likeness (QED) is 0.496. The van der Waals surface area contributed by atoms with Gasteiger partial charge in [0.1, 0.15) is 0 Å². The third kappa shape index (κ3) is 3.70. The van der Waals surface area contributed by atoms with Gasteiger partial charge in [0.2, 0.25) is 0 Å². The van der Waals surface area contributed by atoms with Crippen molar-refractivity contribution in [1.29, 1.82) is 0 Å². The molecule has 2 aliphatic rings. The minimum Gasteiger partial charge on any atom is -0.479 e. The molecule has 1 atom stereocenters. The molecule has 0 aromatic carbocycles. The molecule has 17 heavy (non-hydrogen) atoms. The Morgan fingerprint density at radius 2 is 1.82 bits per heavy atom. The van der Waals surface area contributed by atoms with E-state index < -0.39 is 11.6 Å². The van der Waals surface area contributed by atoms with Gasteiger partial charge in [0.25, 0.3) is 0 Å². The molecule has 3 nitrogen and oxygen atoms in total. The van der Waals surface area contributed by atoms with Gasteiger partial charge in [-0.3, -0.25) is 0 Å². The first kappa shape index (κ1) is 12.9. The third-order valence-electron chi connectivity index (χ3n) is 4.30. The second-order valence-corrected chi connectivity index (χ2v) is 5.69. The van der Waals surface area contributed by atoms with Crippen LogP contribution < -0.4 is 0 Å². The molecule has 1 saturated heterocycles. The normalized spacial score (nSPS) is 27.8. The van der Waals surface area contributed by atoms with E-state index in [4.69, 9.17) is 9.84 Å². The number of epoxide rings is 1. The molecule has 1 heterocycles. The van der Waals surface area contributed by atoms with Gasteiger partial charge >= 0.3 is 5.97 Å². The van der Waals surface area contributed by atoms with E-state index in [2.05, 4.69) is 0 Å². The topological polar surface area (TPSA) is 49.8 Å². The highest BCUT2D eigenvalue weighted by molar-refractivity contribution is 5.80. The van der Waals surface area contributed by atoms with Gasteiger partial charge in [0, 0.05) is 0 Å². The van der Waals surface area contributed by atoms with Crippen LogP contribution in [0.25, 0.3) is 0 Å². The summed E-state index contributed by atoms with van der Waals surface area (Å²) in [6.07, 6.45) is 12.6. The summed E-state index contributed by atoms with van der Waals surface area (Å²) in [5, 5.41) is 8.91. The summed E-state index contributed by atoms with van der Waals surface area (Å²) in [5.41, 5.74) is -0.786. The van der Waals surface area contributed by atoms with E-state index in [0.717, 1.165) is 18.8 Å². The predicted octanol–water partition coefficient (Wildman–Crippen LogP) is 3.37. The van der Waals surface area contributed by atoms with Crippen LogP contribution in [-0.2, 0) is 9.53 Å². The van der Waals surface area contributed by atoms with Crippen molar-refractivity contribution >= 4 is 5.97 Å². The van der Waals surface area contributed by atoms with Crippen LogP contribution in [0.1, 0.15) is 64.2 Å². The average Bonchev–Trinajstić information content (AvgIpc) is 3.00. The Bertz CT molecular complexity index is 254. The molecular formula is C14H24O3. The van der Waals surface area contributed by atoms with Crippen molar-refractivity contribution < 1.29 is 14.6 Å². The first-order valence-electron chi connectivity index (χ1n) is 7.10. The zero-order chi connectivity index (χ0) is 12.1. The minimum atomic E-state index is -0.786. The third-order valence-corrected chi connectivity index (χ3v) is 4.30. The Morgan fingerprint density at radius 3 is 2.35 bits per heavy atom. The van der Waals surface area contributed by atoms with E-state index in [0.29, 0.717) is 13.0 Å². The summed E-state index contributed by atoms with van der Waals surface area (Å²) in [7, 11) is 0. The number of hydrogen-bond acceptors (Lipinski definition) is 2. The molecule has 1 aliphatic carbocycles. The molecule has 0 aromatic heterocycles. The van der Waals surface area contributed by atoms with Gasteiger partial charge in [-0.05, 0) is 18.8 Å². The fourth-order valence-electron chi connectivity index (χ4n) is 2.62. The monoisotopic (exact) mass is 240 g/mol. The van der Waals surface area contributed by atoms with Gasteiger partial charge in [-0.2, -0.15) is 0 Å².